The second kappa shape index (κ2) is 4.54. The maximum absolute atomic E-state index is 10.3. The van der Waals surface area contributed by atoms with Crippen LogP contribution >= 0.6 is 0 Å². The third-order valence-electron chi connectivity index (χ3n) is 1.66. The third-order valence-corrected chi connectivity index (χ3v) is 1.66. The van der Waals surface area contributed by atoms with Crippen LogP contribution < -0.4 is 5.90 Å². The molecule has 0 saturated heterocycles. The molecule has 70 valence electrons. The van der Waals surface area contributed by atoms with Crippen molar-refractivity contribution in [3.8, 4) is 0 Å². The molecule has 0 heterocycles. The number of benzene rings is 1. The molecule has 1 rings (SSSR count). The number of nitrogens with zero attached hydrogens (tertiary/aromatic N) is 1. The van der Waals surface area contributed by atoms with Crippen LogP contribution in [0.2, 0.25) is 0 Å². The van der Waals surface area contributed by atoms with Crippen LogP contribution in [-0.2, 0) is 11.3 Å². The Morgan fingerprint density at radius 1 is 1.38 bits per heavy atom. The summed E-state index contributed by atoms with van der Waals surface area (Å²) < 4.78 is 0. The van der Waals surface area contributed by atoms with E-state index in [0.29, 0.717) is 13.0 Å². The maximum atomic E-state index is 10.3. The van der Waals surface area contributed by atoms with Crippen LogP contribution in [0.15, 0.2) is 24.3 Å². The molecule has 0 aromatic heterocycles. The van der Waals surface area contributed by atoms with Gasteiger partial charge >= 0.3 is 0 Å². The van der Waals surface area contributed by atoms with Crippen molar-refractivity contribution >= 4 is 5.69 Å². The highest BCUT2D eigenvalue weighted by Crippen LogP contribution is 2.11. The van der Waals surface area contributed by atoms with Crippen molar-refractivity contribution in [2.75, 3.05) is 6.61 Å². The van der Waals surface area contributed by atoms with Gasteiger partial charge in [0, 0.05) is 12.1 Å². The number of nitro benzene ring substituents is 1. The SMILES string of the molecule is NOCCc1ccc([N+](=O)[O-])cc1. The number of hydrogen-bond acceptors (Lipinski definition) is 4. The van der Waals surface area contributed by atoms with E-state index in [2.05, 4.69) is 4.84 Å². The van der Waals surface area contributed by atoms with Crippen LogP contribution in [0.1, 0.15) is 5.56 Å². The zero-order valence-corrected chi connectivity index (χ0v) is 6.97. The molecule has 0 aliphatic heterocycles. The number of nitrogens with two attached hydrogens (primary N) is 1. The molecule has 0 unspecified atom stereocenters. The minimum absolute atomic E-state index is 0.0948. The lowest BCUT2D eigenvalue weighted by Gasteiger charge is -1.98. The van der Waals surface area contributed by atoms with Crippen LogP contribution in [0, 0.1) is 10.1 Å². The standard InChI is InChI=1S/C8H10N2O3/c9-13-6-5-7-1-3-8(4-2-7)10(11)12/h1-4H,5-6,9H2. The maximum Gasteiger partial charge on any atom is 0.269 e. The fourth-order valence-electron chi connectivity index (χ4n) is 0.961. The van der Waals surface area contributed by atoms with Gasteiger partial charge in [-0.05, 0) is 12.0 Å². The lowest BCUT2D eigenvalue weighted by atomic mass is 10.1. The van der Waals surface area contributed by atoms with Gasteiger partial charge in [-0.1, -0.05) is 12.1 Å². The molecular formula is C8H10N2O3. The van der Waals surface area contributed by atoms with Crippen LogP contribution in [-0.4, -0.2) is 11.5 Å². The summed E-state index contributed by atoms with van der Waals surface area (Å²) in [7, 11) is 0. The molecule has 5 nitrogen and oxygen atoms in total. The first-order valence-corrected chi connectivity index (χ1v) is 3.79. The normalized spacial score (nSPS) is 9.92. The van der Waals surface area contributed by atoms with Crippen molar-refractivity contribution in [3.05, 3.63) is 39.9 Å². The van der Waals surface area contributed by atoms with E-state index in [1.165, 1.54) is 12.1 Å². The van der Waals surface area contributed by atoms with E-state index in [1.54, 1.807) is 12.1 Å². The predicted molar refractivity (Wildman–Crippen MR) is 46.9 cm³/mol. The highest BCUT2D eigenvalue weighted by Gasteiger charge is 2.02. The van der Waals surface area contributed by atoms with E-state index in [0.717, 1.165) is 5.56 Å². The van der Waals surface area contributed by atoms with Crippen molar-refractivity contribution in [3.63, 3.8) is 0 Å². The average molecular weight is 182 g/mol. The molecule has 0 radical (unpaired) electrons. The molecule has 1 aromatic rings. The average Bonchev–Trinajstić information content (AvgIpc) is 2.15. The fraction of sp³-hybridized carbons (Fsp3) is 0.250. The van der Waals surface area contributed by atoms with Gasteiger partial charge in [-0.25, -0.2) is 5.90 Å². The molecule has 0 saturated carbocycles. The first-order chi connectivity index (χ1) is 6.24. The highest BCUT2D eigenvalue weighted by molar-refractivity contribution is 5.32. The summed E-state index contributed by atoms with van der Waals surface area (Å²) in [5, 5.41) is 10.3. The Kier molecular flexibility index (Phi) is 3.36. The van der Waals surface area contributed by atoms with E-state index in [9.17, 15) is 10.1 Å². The molecule has 2 N–H and O–H groups in total. The predicted octanol–water partition coefficient (Wildman–Crippen LogP) is 1.03. The zero-order valence-electron chi connectivity index (χ0n) is 6.97. The monoisotopic (exact) mass is 182 g/mol. The van der Waals surface area contributed by atoms with Crippen molar-refractivity contribution in [1.29, 1.82) is 0 Å². The lowest BCUT2D eigenvalue weighted by Crippen LogP contribution is -2.03. The van der Waals surface area contributed by atoms with Gasteiger partial charge in [-0.3, -0.25) is 10.1 Å². The van der Waals surface area contributed by atoms with Crippen molar-refractivity contribution in [1.82, 2.24) is 0 Å². The summed E-state index contributed by atoms with van der Waals surface area (Å²) in [6.07, 6.45) is 0.661. The Morgan fingerprint density at radius 2 is 2.00 bits per heavy atom. The summed E-state index contributed by atoms with van der Waals surface area (Å²) in [5.41, 5.74) is 1.06. The number of non-ortho nitro benzene ring substituents is 1. The summed E-state index contributed by atoms with van der Waals surface area (Å²) in [4.78, 5) is 14.2. The van der Waals surface area contributed by atoms with Gasteiger partial charge in [-0.2, -0.15) is 0 Å². The number of hydrogen-bond donors (Lipinski definition) is 1. The van der Waals surface area contributed by atoms with E-state index in [4.69, 9.17) is 5.90 Å². The smallest absolute Gasteiger partial charge is 0.269 e. The molecule has 0 aliphatic carbocycles. The first kappa shape index (κ1) is 9.63. The van der Waals surface area contributed by atoms with Crippen molar-refractivity contribution in [2.24, 2.45) is 5.90 Å². The molecule has 1 aromatic carbocycles. The first-order valence-electron chi connectivity index (χ1n) is 3.79. The Balaban J connectivity index is 2.64. The molecule has 5 heteroatoms. The molecule has 0 bridgehead atoms. The molecule has 0 spiro atoms. The minimum atomic E-state index is -0.427. The zero-order chi connectivity index (χ0) is 9.68. The summed E-state index contributed by atoms with van der Waals surface area (Å²) in [6.45, 7) is 0.414. The largest absolute Gasteiger partial charge is 0.304 e. The van der Waals surface area contributed by atoms with Gasteiger partial charge in [0.2, 0.25) is 0 Å². The molecular weight excluding hydrogens is 172 g/mol. The van der Waals surface area contributed by atoms with E-state index in [1.807, 2.05) is 0 Å². The van der Waals surface area contributed by atoms with Crippen molar-refractivity contribution in [2.45, 2.75) is 6.42 Å². The van der Waals surface area contributed by atoms with Gasteiger partial charge in [0.1, 0.15) is 0 Å². The number of nitro groups is 1. The summed E-state index contributed by atoms with van der Waals surface area (Å²) >= 11 is 0. The number of rotatable bonds is 4. The second-order valence-corrected chi connectivity index (χ2v) is 2.54. The third kappa shape index (κ3) is 2.81. The molecule has 0 aliphatic rings. The Hall–Kier alpha value is -1.46. The summed E-state index contributed by atoms with van der Waals surface area (Å²) in [5.74, 6) is 4.85. The Labute approximate surface area is 75.2 Å². The van der Waals surface area contributed by atoms with Gasteiger partial charge < -0.3 is 4.84 Å². The van der Waals surface area contributed by atoms with Gasteiger partial charge in [0.15, 0.2) is 0 Å². The molecule has 0 fully saturated rings. The van der Waals surface area contributed by atoms with E-state index in [-0.39, 0.29) is 5.69 Å². The Bertz CT molecular complexity index is 284. The van der Waals surface area contributed by atoms with Crippen LogP contribution in [0.25, 0.3) is 0 Å². The van der Waals surface area contributed by atoms with E-state index >= 15 is 0 Å². The van der Waals surface area contributed by atoms with Crippen molar-refractivity contribution < 1.29 is 9.76 Å². The van der Waals surface area contributed by atoms with Crippen LogP contribution in [0.5, 0.6) is 0 Å². The fourth-order valence-corrected chi connectivity index (χ4v) is 0.961. The lowest BCUT2D eigenvalue weighted by molar-refractivity contribution is -0.384. The molecule has 0 amide bonds. The molecule has 0 atom stereocenters. The van der Waals surface area contributed by atoms with Gasteiger partial charge in [0.05, 0.1) is 11.5 Å². The minimum Gasteiger partial charge on any atom is -0.304 e. The van der Waals surface area contributed by atoms with Gasteiger partial charge in [-0.15, -0.1) is 0 Å². The van der Waals surface area contributed by atoms with Gasteiger partial charge in [0.25, 0.3) is 5.69 Å². The van der Waals surface area contributed by atoms with Crippen LogP contribution in [0.3, 0.4) is 0 Å². The quantitative estimate of drug-likeness (QED) is 0.557. The highest BCUT2D eigenvalue weighted by atomic mass is 16.6. The van der Waals surface area contributed by atoms with E-state index < -0.39 is 4.92 Å². The topological polar surface area (TPSA) is 78.4 Å². The Morgan fingerprint density at radius 3 is 2.46 bits per heavy atom. The second-order valence-electron chi connectivity index (χ2n) is 2.54. The summed E-state index contributed by atoms with van der Waals surface area (Å²) in [6, 6.07) is 6.31. The van der Waals surface area contributed by atoms with Crippen LogP contribution in [0.4, 0.5) is 5.69 Å². The molecule has 13 heavy (non-hydrogen) atoms.